The second-order valence-electron chi connectivity index (χ2n) is 7.04. The van der Waals surface area contributed by atoms with E-state index in [1.54, 1.807) is 28.4 Å². The highest BCUT2D eigenvalue weighted by Crippen LogP contribution is 2.24. The Labute approximate surface area is 180 Å². The van der Waals surface area contributed by atoms with E-state index in [-0.39, 0.29) is 19.0 Å². The van der Waals surface area contributed by atoms with Gasteiger partial charge in [0.2, 0.25) is 15.9 Å². The van der Waals surface area contributed by atoms with Crippen molar-refractivity contribution in [2.24, 2.45) is 0 Å². The van der Waals surface area contributed by atoms with E-state index in [1.165, 1.54) is 17.2 Å². The molecule has 0 radical (unpaired) electrons. The lowest BCUT2D eigenvalue weighted by atomic mass is 10.1. The molecule has 4 rings (SSSR count). The van der Waals surface area contributed by atoms with Crippen molar-refractivity contribution in [2.45, 2.75) is 19.5 Å². The summed E-state index contributed by atoms with van der Waals surface area (Å²) in [5, 5.41) is 3.17. The summed E-state index contributed by atoms with van der Waals surface area (Å²) in [6.45, 7) is 0.881. The molecule has 0 aliphatic carbocycles. The van der Waals surface area contributed by atoms with E-state index in [0.717, 1.165) is 27.3 Å². The van der Waals surface area contributed by atoms with E-state index >= 15 is 0 Å². The van der Waals surface area contributed by atoms with Gasteiger partial charge in [0.15, 0.2) is 0 Å². The molecule has 1 aliphatic heterocycles. The number of fused-ring (bicyclic) bond motifs is 1. The van der Waals surface area contributed by atoms with Crippen LogP contribution in [0.2, 0.25) is 0 Å². The summed E-state index contributed by atoms with van der Waals surface area (Å²) in [7, 11) is -3.83. The van der Waals surface area contributed by atoms with Crippen LogP contribution in [0.15, 0.2) is 70.0 Å². The highest BCUT2D eigenvalue weighted by atomic mass is 32.2. The van der Waals surface area contributed by atoms with Crippen LogP contribution in [0.25, 0.3) is 6.08 Å². The third-order valence-electron chi connectivity index (χ3n) is 4.98. The largest absolute Gasteiger partial charge is 0.468 e. The lowest BCUT2D eigenvalue weighted by molar-refractivity contribution is -0.132. The van der Waals surface area contributed by atoms with Gasteiger partial charge in [-0.3, -0.25) is 4.79 Å². The molecule has 3 aromatic rings. The first-order chi connectivity index (χ1) is 14.5. The molecule has 1 aromatic carbocycles. The zero-order valence-corrected chi connectivity index (χ0v) is 17.9. The van der Waals surface area contributed by atoms with Gasteiger partial charge >= 0.3 is 0 Å². The van der Waals surface area contributed by atoms with Crippen LogP contribution in [0.1, 0.15) is 21.8 Å². The van der Waals surface area contributed by atoms with Crippen LogP contribution < -0.4 is 0 Å². The maximum absolute atomic E-state index is 13.0. The minimum absolute atomic E-state index is 0.00224. The summed E-state index contributed by atoms with van der Waals surface area (Å²) in [5.74, 6) is 0.272. The number of carbonyl (C=O) groups excluding carboxylic acids is 1. The summed E-state index contributed by atoms with van der Waals surface area (Å²) in [5.41, 5.74) is 1.91. The average molecular weight is 443 g/mol. The van der Waals surface area contributed by atoms with Crippen molar-refractivity contribution >= 4 is 33.3 Å². The summed E-state index contributed by atoms with van der Waals surface area (Å²) < 4.78 is 32.6. The van der Waals surface area contributed by atoms with E-state index in [9.17, 15) is 13.2 Å². The first-order valence-corrected chi connectivity index (χ1v) is 12.0. The zero-order chi connectivity index (χ0) is 21.0. The van der Waals surface area contributed by atoms with Gasteiger partial charge in [0.1, 0.15) is 5.76 Å². The summed E-state index contributed by atoms with van der Waals surface area (Å²) in [6, 6.07) is 14.6. The van der Waals surface area contributed by atoms with Crippen LogP contribution in [-0.2, 0) is 34.3 Å². The maximum Gasteiger partial charge on any atom is 0.238 e. The van der Waals surface area contributed by atoms with Gasteiger partial charge < -0.3 is 9.32 Å². The molecule has 0 spiro atoms. The number of sulfonamides is 1. The van der Waals surface area contributed by atoms with Crippen LogP contribution in [-0.4, -0.2) is 36.6 Å². The Morgan fingerprint density at radius 3 is 2.77 bits per heavy atom. The van der Waals surface area contributed by atoms with Gasteiger partial charge in [-0.15, -0.1) is 11.3 Å². The topological polar surface area (TPSA) is 70.8 Å². The minimum atomic E-state index is -3.83. The highest BCUT2D eigenvalue weighted by Gasteiger charge is 2.28. The zero-order valence-electron chi connectivity index (χ0n) is 16.3. The lowest BCUT2D eigenvalue weighted by Gasteiger charge is -2.29. The van der Waals surface area contributed by atoms with E-state index in [0.29, 0.717) is 18.8 Å². The molecule has 0 N–H and O–H groups in total. The number of amides is 1. The van der Waals surface area contributed by atoms with Gasteiger partial charge in [-0.1, -0.05) is 30.3 Å². The van der Waals surface area contributed by atoms with Gasteiger partial charge in [-0.05, 0) is 47.2 Å². The smallest absolute Gasteiger partial charge is 0.238 e. The number of thiophene rings is 1. The summed E-state index contributed by atoms with van der Waals surface area (Å²) in [6.07, 6.45) is 3.83. The van der Waals surface area contributed by atoms with Crippen molar-refractivity contribution in [3.05, 3.63) is 87.3 Å². The van der Waals surface area contributed by atoms with E-state index < -0.39 is 10.0 Å². The number of carbonyl (C=O) groups is 1. The Hall–Kier alpha value is -2.68. The quantitative estimate of drug-likeness (QED) is 0.559. The van der Waals surface area contributed by atoms with Crippen LogP contribution >= 0.6 is 11.3 Å². The molecule has 0 saturated carbocycles. The SMILES string of the molecule is O=C(CN(Cc1ccco1)S(=O)(=O)/C=C/c1ccccc1)N1CCc2sccc2C1. The van der Waals surface area contributed by atoms with E-state index in [4.69, 9.17) is 4.42 Å². The van der Waals surface area contributed by atoms with Crippen LogP contribution in [0, 0.1) is 0 Å². The Morgan fingerprint density at radius 1 is 1.17 bits per heavy atom. The number of furan rings is 1. The number of rotatable bonds is 7. The van der Waals surface area contributed by atoms with Crippen molar-refractivity contribution in [2.75, 3.05) is 13.1 Å². The molecular weight excluding hydrogens is 420 g/mol. The van der Waals surface area contributed by atoms with Crippen LogP contribution in [0.4, 0.5) is 0 Å². The fraction of sp³-hybridized carbons (Fsp3) is 0.227. The number of nitrogens with zero attached hydrogens (tertiary/aromatic N) is 2. The third kappa shape index (κ3) is 4.89. The van der Waals surface area contributed by atoms with Gasteiger partial charge in [0.05, 0.1) is 19.4 Å². The maximum atomic E-state index is 13.0. The molecule has 156 valence electrons. The second kappa shape index (κ2) is 8.99. The fourth-order valence-corrected chi connectivity index (χ4v) is 5.33. The predicted molar refractivity (Wildman–Crippen MR) is 117 cm³/mol. The number of hydrogen-bond acceptors (Lipinski definition) is 5. The number of benzene rings is 1. The molecule has 3 heterocycles. The first kappa shape index (κ1) is 20.6. The Bertz CT molecular complexity index is 1120. The molecule has 0 fully saturated rings. The standard InChI is InChI=1S/C22H22N2O4S2/c25-22(23-11-8-21-19(15-23)9-13-29-21)17-24(16-20-7-4-12-28-20)30(26,27)14-10-18-5-2-1-3-6-18/h1-7,9-10,12-14H,8,11,15-17H2/b14-10+. The van der Waals surface area contributed by atoms with E-state index in [1.807, 2.05) is 41.8 Å². The molecule has 2 aromatic heterocycles. The molecule has 8 heteroatoms. The molecule has 0 unspecified atom stereocenters. The number of hydrogen-bond donors (Lipinski definition) is 0. The highest BCUT2D eigenvalue weighted by molar-refractivity contribution is 7.92. The van der Waals surface area contributed by atoms with Gasteiger partial charge in [-0.2, -0.15) is 4.31 Å². The van der Waals surface area contributed by atoms with Crippen molar-refractivity contribution in [1.82, 2.24) is 9.21 Å². The fourth-order valence-electron chi connectivity index (χ4n) is 3.34. The summed E-state index contributed by atoms with van der Waals surface area (Å²) in [4.78, 5) is 16.0. The van der Waals surface area contributed by atoms with Gasteiger partial charge in [-0.25, -0.2) is 8.42 Å². The summed E-state index contributed by atoms with van der Waals surface area (Å²) >= 11 is 1.70. The molecule has 6 nitrogen and oxygen atoms in total. The Morgan fingerprint density at radius 2 is 2.00 bits per heavy atom. The Balaban J connectivity index is 1.52. The van der Waals surface area contributed by atoms with Crippen molar-refractivity contribution in [1.29, 1.82) is 0 Å². The van der Waals surface area contributed by atoms with Gasteiger partial charge in [0, 0.05) is 23.4 Å². The molecule has 30 heavy (non-hydrogen) atoms. The monoisotopic (exact) mass is 442 g/mol. The predicted octanol–water partition coefficient (Wildman–Crippen LogP) is 3.73. The van der Waals surface area contributed by atoms with Gasteiger partial charge in [0.25, 0.3) is 0 Å². The first-order valence-electron chi connectivity index (χ1n) is 9.60. The van der Waals surface area contributed by atoms with Crippen molar-refractivity contribution in [3.63, 3.8) is 0 Å². The molecule has 1 aliphatic rings. The van der Waals surface area contributed by atoms with Crippen molar-refractivity contribution in [3.8, 4) is 0 Å². The molecule has 0 bridgehead atoms. The second-order valence-corrected chi connectivity index (χ2v) is 9.86. The van der Waals surface area contributed by atoms with Crippen LogP contribution in [0.3, 0.4) is 0 Å². The van der Waals surface area contributed by atoms with Crippen molar-refractivity contribution < 1.29 is 17.6 Å². The third-order valence-corrected chi connectivity index (χ3v) is 7.46. The molecule has 0 saturated heterocycles. The lowest BCUT2D eigenvalue weighted by Crippen LogP contribution is -2.43. The minimum Gasteiger partial charge on any atom is -0.468 e. The molecule has 0 atom stereocenters. The molecular formula is C22H22N2O4S2. The normalized spacial score (nSPS) is 14.4. The van der Waals surface area contributed by atoms with E-state index in [2.05, 4.69) is 0 Å². The molecule has 1 amide bonds. The van der Waals surface area contributed by atoms with Crippen LogP contribution in [0.5, 0.6) is 0 Å². The Kier molecular flexibility index (Phi) is 6.17. The average Bonchev–Trinajstić information content (AvgIpc) is 3.43.